The average Bonchev–Trinajstić information content (AvgIpc) is 2.03. The molecule has 0 rings (SSSR count). The van der Waals surface area contributed by atoms with Crippen LogP contribution in [0.25, 0.3) is 0 Å². The summed E-state index contributed by atoms with van der Waals surface area (Å²) in [5.41, 5.74) is 0. The van der Waals surface area contributed by atoms with E-state index in [-0.39, 0.29) is 25.9 Å². The van der Waals surface area contributed by atoms with Gasteiger partial charge in [-0.3, -0.25) is 0 Å². The molecule has 0 saturated heterocycles. The van der Waals surface area contributed by atoms with Gasteiger partial charge in [0.1, 0.15) is 6.61 Å². The Labute approximate surface area is 71.9 Å². The lowest BCUT2D eigenvalue weighted by atomic mass is 10.7. The molecule has 5 heteroatoms. The molecule has 5 nitrogen and oxygen atoms in total. The number of ether oxygens (including phenoxy) is 2. The van der Waals surface area contributed by atoms with Crippen molar-refractivity contribution < 1.29 is 19.4 Å². The fourth-order valence-electron chi connectivity index (χ4n) is 0.484. The van der Waals surface area contributed by atoms with E-state index in [1.807, 2.05) is 0 Å². The summed E-state index contributed by atoms with van der Waals surface area (Å²) < 4.78 is 9.60. The molecule has 12 heavy (non-hydrogen) atoms. The number of hydrogen-bond donors (Lipinski definition) is 1. The summed E-state index contributed by atoms with van der Waals surface area (Å²) in [6.45, 7) is 0.804. The van der Waals surface area contributed by atoms with Crippen molar-refractivity contribution in [3.05, 3.63) is 0 Å². The van der Waals surface area contributed by atoms with Gasteiger partial charge in [-0.25, -0.2) is 4.79 Å². The third kappa shape index (κ3) is 5.94. The summed E-state index contributed by atoms with van der Waals surface area (Å²) in [5, 5.41) is 8.32. The van der Waals surface area contributed by atoms with Gasteiger partial charge in [0.15, 0.2) is 0 Å². The molecule has 0 radical (unpaired) electrons. The lowest BCUT2D eigenvalue weighted by Crippen LogP contribution is -2.24. The first-order chi connectivity index (χ1) is 5.68. The number of aliphatic hydroxyl groups is 1. The molecule has 0 aliphatic heterocycles. The number of nitrogens with zero attached hydrogens (tertiary/aromatic N) is 1. The minimum Gasteiger partial charge on any atom is -0.447 e. The van der Waals surface area contributed by atoms with E-state index in [4.69, 9.17) is 14.6 Å². The topological polar surface area (TPSA) is 59.0 Å². The Morgan fingerprint density at radius 3 is 2.50 bits per heavy atom. The molecule has 0 aliphatic carbocycles. The SMILES string of the molecule is CN(C)C(=O)OCCOCCO. The van der Waals surface area contributed by atoms with Crippen molar-refractivity contribution in [3.63, 3.8) is 0 Å². The maximum Gasteiger partial charge on any atom is 0.409 e. The largest absolute Gasteiger partial charge is 0.447 e. The number of carbonyl (C=O) groups is 1. The van der Waals surface area contributed by atoms with Crippen molar-refractivity contribution in [2.24, 2.45) is 0 Å². The standard InChI is InChI=1S/C7H15NO4/c1-8(2)7(10)12-6-5-11-4-3-9/h9H,3-6H2,1-2H3. The third-order valence-corrected chi connectivity index (χ3v) is 1.05. The number of rotatable bonds is 5. The zero-order valence-electron chi connectivity index (χ0n) is 7.45. The molecule has 0 bridgehead atoms. The van der Waals surface area contributed by atoms with Gasteiger partial charge >= 0.3 is 6.09 Å². The lowest BCUT2D eigenvalue weighted by molar-refractivity contribution is 0.0463. The minimum absolute atomic E-state index is 0.0123. The number of hydrogen-bond acceptors (Lipinski definition) is 4. The van der Waals surface area contributed by atoms with Gasteiger partial charge in [-0.1, -0.05) is 0 Å². The molecular formula is C7H15NO4. The zero-order chi connectivity index (χ0) is 9.40. The molecule has 72 valence electrons. The molecule has 0 unspecified atom stereocenters. The maximum atomic E-state index is 10.8. The van der Waals surface area contributed by atoms with Gasteiger partial charge in [0.05, 0.1) is 19.8 Å². The predicted molar refractivity (Wildman–Crippen MR) is 42.9 cm³/mol. The van der Waals surface area contributed by atoms with Crippen LogP contribution in [0.2, 0.25) is 0 Å². The number of aliphatic hydroxyl groups excluding tert-OH is 1. The van der Waals surface area contributed by atoms with Crippen molar-refractivity contribution in [2.75, 3.05) is 40.5 Å². The zero-order valence-corrected chi connectivity index (χ0v) is 7.45. The monoisotopic (exact) mass is 177 g/mol. The van der Waals surface area contributed by atoms with Crippen LogP contribution in [0, 0.1) is 0 Å². The highest BCUT2D eigenvalue weighted by molar-refractivity contribution is 5.66. The molecule has 0 heterocycles. The molecule has 0 spiro atoms. The van der Waals surface area contributed by atoms with E-state index in [0.29, 0.717) is 6.61 Å². The molecule has 0 saturated carbocycles. The van der Waals surface area contributed by atoms with Gasteiger partial charge in [0.2, 0.25) is 0 Å². The molecule has 0 aromatic rings. The Bertz CT molecular complexity index is 127. The van der Waals surface area contributed by atoms with Gasteiger partial charge in [-0.15, -0.1) is 0 Å². The van der Waals surface area contributed by atoms with Crippen LogP contribution in [0.15, 0.2) is 0 Å². The van der Waals surface area contributed by atoms with E-state index >= 15 is 0 Å². The molecular weight excluding hydrogens is 162 g/mol. The first kappa shape index (κ1) is 11.2. The molecule has 0 aromatic carbocycles. The van der Waals surface area contributed by atoms with Crippen molar-refractivity contribution in [1.82, 2.24) is 4.90 Å². The molecule has 0 fully saturated rings. The maximum absolute atomic E-state index is 10.8. The van der Waals surface area contributed by atoms with Crippen molar-refractivity contribution >= 4 is 6.09 Å². The minimum atomic E-state index is -0.386. The quantitative estimate of drug-likeness (QED) is 0.585. The second-order valence-electron chi connectivity index (χ2n) is 2.34. The highest BCUT2D eigenvalue weighted by Gasteiger charge is 2.02. The van der Waals surface area contributed by atoms with Crippen LogP contribution in [0.3, 0.4) is 0 Å². The number of carbonyl (C=O) groups excluding carboxylic acids is 1. The van der Waals surface area contributed by atoms with Crippen LogP contribution in [-0.2, 0) is 9.47 Å². The summed E-state index contributed by atoms with van der Waals surface area (Å²) in [7, 11) is 3.22. The van der Waals surface area contributed by atoms with Gasteiger partial charge in [-0.05, 0) is 0 Å². The van der Waals surface area contributed by atoms with Crippen molar-refractivity contribution in [1.29, 1.82) is 0 Å². The molecule has 0 atom stereocenters. The van der Waals surface area contributed by atoms with E-state index in [9.17, 15) is 4.79 Å². The first-order valence-electron chi connectivity index (χ1n) is 3.71. The van der Waals surface area contributed by atoms with Crippen LogP contribution in [0.5, 0.6) is 0 Å². The lowest BCUT2D eigenvalue weighted by Gasteiger charge is -2.10. The molecule has 1 N–H and O–H groups in total. The second-order valence-corrected chi connectivity index (χ2v) is 2.34. The van der Waals surface area contributed by atoms with Crippen LogP contribution in [0.1, 0.15) is 0 Å². The fraction of sp³-hybridized carbons (Fsp3) is 0.857. The number of amides is 1. The average molecular weight is 177 g/mol. The Kier molecular flexibility index (Phi) is 6.41. The van der Waals surface area contributed by atoms with Crippen LogP contribution < -0.4 is 0 Å². The fourth-order valence-corrected chi connectivity index (χ4v) is 0.484. The predicted octanol–water partition coefficient (Wildman–Crippen LogP) is -0.307. The summed E-state index contributed by atoms with van der Waals surface area (Å²) in [6.07, 6.45) is -0.386. The Morgan fingerprint density at radius 2 is 2.00 bits per heavy atom. The van der Waals surface area contributed by atoms with E-state index < -0.39 is 0 Å². The van der Waals surface area contributed by atoms with Gasteiger partial charge in [-0.2, -0.15) is 0 Å². The first-order valence-corrected chi connectivity index (χ1v) is 3.71. The normalized spacial score (nSPS) is 9.58. The molecule has 0 aromatic heterocycles. The molecule has 0 aliphatic rings. The van der Waals surface area contributed by atoms with Gasteiger partial charge in [0, 0.05) is 14.1 Å². The van der Waals surface area contributed by atoms with E-state index in [2.05, 4.69) is 0 Å². The Hall–Kier alpha value is -0.810. The Balaban J connectivity index is 3.14. The summed E-state index contributed by atoms with van der Waals surface area (Å²) >= 11 is 0. The van der Waals surface area contributed by atoms with Gasteiger partial charge < -0.3 is 19.5 Å². The van der Waals surface area contributed by atoms with Crippen LogP contribution in [0.4, 0.5) is 4.79 Å². The molecule has 1 amide bonds. The van der Waals surface area contributed by atoms with Crippen molar-refractivity contribution in [2.45, 2.75) is 0 Å². The van der Waals surface area contributed by atoms with E-state index in [0.717, 1.165) is 0 Å². The summed E-state index contributed by atoms with van der Waals surface area (Å²) in [4.78, 5) is 12.1. The second kappa shape index (κ2) is 6.87. The Morgan fingerprint density at radius 1 is 1.33 bits per heavy atom. The summed E-state index contributed by atoms with van der Waals surface area (Å²) in [5.74, 6) is 0. The highest BCUT2D eigenvalue weighted by atomic mass is 16.6. The third-order valence-electron chi connectivity index (χ3n) is 1.05. The van der Waals surface area contributed by atoms with Crippen LogP contribution >= 0.6 is 0 Å². The van der Waals surface area contributed by atoms with Crippen LogP contribution in [-0.4, -0.2) is 56.6 Å². The van der Waals surface area contributed by atoms with Crippen molar-refractivity contribution in [3.8, 4) is 0 Å². The van der Waals surface area contributed by atoms with Gasteiger partial charge in [0.25, 0.3) is 0 Å². The smallest absolute Gasteiger partial charge is 0.409 e. The highest BCUT2D eigenvalue weighted by Crippen LogP contribution is 1.85. The summed E-state index contributed by atoms with van der Waals surface area (Å²) in [6, 6.07) is 0. The van der Waals surface area contributed by atoms with E-state index in [1.54, 1.807) is 14.1 Å². The van der Waals surface area contributed by atoms with E-state index in [1.165, 1.54) is 4.90 Å².